The van der Waals surface area contributed by atoms with E-state index in [0.29, 0.717) is 25.7 Å². The maximum absolute atomic E-state index is 13.0. The van der Waals surface area contributed by atoms with Crippen molar-refractivity contribution in [3.63, 3.8) is 0 Å². The van der Waals surface area contributed by atoms with Crippen molar-refractivity contribution in [1.29, 1.82) is 0 Å². The van der Waals surface area contributed by atoms with Crippen LogP contribution in [0.5, 0.6) is 0 Å². The van der Waals surface area contributed by atoms with Crippen LogP contribution in [-0.4, -0.2) is 39.0 Å². The van der Waals surface area contributed by atoms with Gasteiger partial charge >= 0.3 is 0 Å². The molecule has 1 fully saturated rings. The molecule has 2 aromatic rings. The molecule has 0 radical (unpaired) electrons. The summed E-state index contributed by atoms with van der Waals surface area (Å²) in [6.07, 6.45) is 1.72. The lowest BCUT2D eigenvalue weighted by atomic mass is 10.0. The maximum atomic E-state index is 13.0. The van der Waals surface area contributed by atoms with Crippen molar-refractivity contribution in [3.8, 4) is 0 Å². The molecule has 0 aliphatic carbocycles. The number of nitro groups is 1. The summed E-state index contributed by atoms with van der Waals surface area (Å²) in [5.41, 5.74) is 4.99. The minimum Gasteiger partial charge on any atom is -0.381 e. The van der Waals surface area contributed by atoms with Gasteiger partial charge in [-0.05, 0) is 43.0 Å². The average Bonchev–Trinajstić information content (AvgIpc) is 2.72. The van der Waals surface area contributed by atoms with Gasteiger partial charge in [-0.2, -0.15) is 0 Å². The van der Waals surface area contributed by atoms with Gasteiger partial charge in [0.1, 0.15) is 5.69 Å². The van der Waals surface area contributed by atoms with Gasteiger partial charge in [-0.25, -0.2) is 8.42 Å². The molecule has 10 heteroatoms. The highest BCUT2D eigenvalue weighted by atomic mass is 32.2. The number of carbonyl (C=O) groups is 1. The van der Waals surface area contributed by atoms with Crippen molar-refractivity contribution in [1.82, 2.24) is 0 Å². The molecule has 1 aliphatic rings. The first-order valence-corrected chi connectivity index (χ1v) is 10.5. The van der Waals surface area contributed by atoms with E-state index >= 15 is 0 Å². The minimum absolute atomic E-state index is 0.170. The number of hydrogen-bond acceptors (Lipinski definition) is 7. The molecule has 9 nitrogen and oxygen atoms in total. The first kappa shape index (κ1) is 20.7. The summed E-state index contributed by atoms with van der Waals surface area (Å²) in [6, 6.07) is 9.15. The van der Waals surface area contributed by atoms with Crippen LogP contribution in [0.15, 0.2) is 52.3 Å². The van der Waals surface area contributed by atoms with E-state index in [1.807, 2.05) is 0 Å². The van der Waals surface area contributed by atoms with Gasteiger partial charge in [0.2, 0.25) is 15.7 Å². The number of nitrogens with zero attached hydrogens (tertiary/aromatic N) is 1. The normalized spacial score (nSPS) is 15.0. The molecule has 0 aromatic heterocycles. The van der Waals surface area contributed by atoms with Crippen LogP contribution in [0.2, 0.25) is 0 Å². The number of carbonyl (C=O) groups excluding carboxylic acids is 1. The third-order valence-electron chi connectivity index (χ3n) is 4.84. The molecule has 2 aromatic carbocycles. The Hall–Kier alpha value is -2.98. The molecule has 0 spiro atoms. The number of nitrogens with two attached hydrogens (primary N) is 1. The van der Waals surface area contributed by atoms with Crippen LogP contribution in [0.4, 0.5) is 11.4 Å². The van der Waals surface area contributed by atoms with Crippen molar-refractivity contribution < 1.29 is 22.9 Å². The smallest absolute Gasteiger partial charge is 0.293 e. The number of amides is 1. The Morgan fingerprint density at radius 2 is 1.90 bits per heavy atom. The summed E-state index contributed by atoms with van der Waals surface area (Å²) >= 11 is 0. The van der Waals surface area contributed by atoms with Gasteiger partial charge in [0.05, 0.1) is 20.3 Å². The average molecular weight is 419 g/mol. The lowest BCUT2D eigenvalue weighted by Crippen LogP contribution is -2.23. The van der Waals surface area contributed by atoms with Gasteiger partial charge in [0.25, 0.3) is 5.69 Å². The molecule has 0 unspecified atom stereocenters. The fourth-order valence-electron chi connectivity index (χ4n) is 3.22. The van der Waals surface area contributed by atoms with E-state index < -0.39 is 20.7 Å². The molecule has 1 aliphatic heterocycles. The number of benzene rings is 2. The van der Waals surface area contributed by atoms with Crippen molar-refractivity contribution in [3.05, 3.63) is 58.1 Å². The molecule has 1 saturated heterocycles. The van der Waals surface area contributed by atoms with E-state index in [2.05, 4.69) is 5.32 Å². The number of rotatable bonds is 7. The Labute approximate surface area is 167 Å². The second-order valence-corrected chi connectivity index (χ2v) is 8.65. The SMILES string of the molecule is NC(=O)c1ccccc1S(=O)(=O)c1ccc(NCC2CCOCC2)c([N+](=O)[O-])c1. The van der Waals surface area contributed by atoms with Crippen molar-refractivity contribution >= 4 is 27.1 Å². The Morgan fingerprint density at radius 3 is 2.55 bits per heavy atom. The Balaban J connectivity index is 1.93. The third kappa shape index (κ3) is 4.54. The second kappa shape index (κ2) is 8.58. The van der Waals surface area contributed by atoms with Gasteiger partial charge in [-0.15, -0.1) is 0 Å². The summed E-state index contributed by atoms with van der Waals surface area (Å²) in [4.78, 5) is 21.9. The van der Waals surface area contributed by atoms with Crippen LogP contribution in [0.1, 0.15) is 23.2 Å². The molecule has 0 saturated carbocycles. The second-order valence-electron chi connectivity index (χ2n) is 6.74. The van der Waals surface area contributed by atoms with Gasteiger partial charge in [0, 0.05) is 25.8 Å². The predicted molar refractivity (Wildman–Crippen MR) is 106 cm³/mol. The first-order valence-electron chi connectivity index (χ1n) is 9.04. The summed E-state index contributed by atoms with van der Waals surface area (Å²) in [6.45, 7) is 1.84. The fraction of sp³-hybridized carbons (Fsp3) is 0.316. The van der Waals surface area contributed by atoms with Crippen LogP contribution < -0.4 is 11.1 Å². The van der Waals surface area contributed by atoms with Crippen molar-refractivity contribution in [2.45, 2.75) is 22.6 Å². The Kier molecular flexibility index (Phi) is 6.14. The Morgan fingerprint density at radius 1 is 1.21 bits per heavy atom. The van der Waals surface area contributed by atoms with Gasteiger partial charge < -0.3 is 15.8 Å². The fourth-order valence-corrected chi connectivity index (χ4v) is 4.70. The molecule has 1 amide bonds. The number of primary amides is 1. The highest BCUT2D eigenvalue weighted by Crippen LogP contribution is 2.32. The van der Waals surface area contributed by atoms with E-state index in [1.165, 1.54) is 36.4 Å². The van der Waals surface area contributed by atoms with E-state index in [0.717, 1.165) is 18.9 Å². The topological polar surface area (TPSA) is 142 Å². The summed E-state index contributed by atoms with van der Waals surface area (Å²) < 4.78 is 31.3. The molecular formula is C19H21N3O6S. The van der Waals surface area contributed by atoms with Gasteiger partial charge in [-0.3, -0.25) is 14.9 Å². The molecule has 3 N–H and O–H groups in total. The summed E-state index contributed by atoms with van der Waals surface area (Å²) in [5, 5.41) is 14.6. The van der Waals surface area contributed by atoms with Gasteiger partial charge in [-0.1, -0.05) is 12.1 Å². The van der Waals surface area contributed by atoms with E-state index in [9.17, 15) is 23.3 Å². The molecule has 0 atom stereocenters. The van der Waals surface area contributed by atoms with Crippen LogP contribution in [-0.2, 0) is 14.6 Å². The molecule has 29 heavy (non-hydrogen) atoms. The van der Waals surface area contributed by atoms with E-state index in [1.54, 1.807) is 0 Å². The lowest BCUT2D eigenvalue weighted by molar-refractivity contribution is -0.384. The highest BCUT2D eigenvalue weighted by Gasteiger charge is 2.27. The first-order chi connectivity index (χ1) is 13.8. The summed E-state index contributed by atoms with van der Waals surface area (Å²) in [7, 11) is -4.17. The molecule has 3 rings (SSSR count). The lowest BCUT2D eigenvalue weighted by Gasteiger charge is -2.22. The summed E-state index contributed by atoms with van der Waals surface area (Å²) in [5.74, 6) is -0.567. The van der Waals surface area contributed by atoms with E-state index in [4.69, 9.17) is 10.5 Å². The van der Waals surface area contributed by atoms with Crippen LogP contribution in [0, 0.1) is 16.0 Å². The molecule has 154 valence electrons. The molecule has 1 heterocycles. The zero-order chi connectivity index (χ0) is 21.0. The predicted octanol–water partition coefficient (Wildman–Crippen LogP) is 2.37. The monoisotopic (exact) mass is 419 g/mol. The van der Waals surface area contributed by atoms with Crippen LogP contribution >= 0.6 is 0 Å². The van der Waals surface area contributed by atoms with Crippen LogP contribution in [0.25, 0.3) is 0 Å². The largest absolute Gasteiger partial charge is 0.381 e. The highest BCUT2D eigenvalue weighted by molar-refractivity contribution is 7.91. The van der Waals surface area contributed by atoms with Crippen molar-refractivity contribution in [2.24, 2.45) is 11.7 Å². The number of sulfone groups is 1. The minimum atomic E-state index is -4.17. The zero-order valence-electron chi connectivity index (χ0n) is 15.5. The maximum Gasteiger partial charge on any atom is 0.293 e. The standard InChI is InChI=1S/C19H21N3O6S/c20-19(23)15-3-1-2-4-18(15)29(26,27)14-5-6-16(17(11-14)22(24)25)21-12-13-7-9-28-10-8-13/h1-6,11,13,21H,7-10,12H2,(H2,20,23). The number of ether oxygens (including phenoxy) is 1. The van der Waals surface area contributed by atoms with Gasteiger partial charge in [0.15, 0.2) is 0 Å². The number of nitrogens with one attached hydrogen (secondary N) is 1. The number of nitro benzene ring substituents is 1. The quantitative estimate of drug-likeness (QED) is 0.518. The number of hydrogen-bond donors (Lipinski definition) is 2. The third-order valence-corrected chi connectivity index (χ3v) is 6.65. The van der Waals surface area contributed by atoms with Crippen LogP contribution in [0.3, 0.4) is 0 Å². The Bertz CT molecular complexity index is 1030. The van der Waals surface area contributed by atoms with E-state index in [-0.39, 0.29) is 26.7 Å². The number of anilines is 1. The van der Waals surface area contributed by atoms with Crippen molar-refractivity contribution in [2.75, 3.05) is 25.1 Å². The zero-order valence-corrected chi connectivity index (χ0v) is 16.4. The molecular weight excluding hydrogens is 398 g/mol. The molecule has 0 bridgehead atoms.